The first-order chi connectivity index (χ1) is 52.3. The predicted octanol–water partition coefficient (Wildman–Crippen LogP) is 18.7. The molecule has 0 aliphatic heterocycles. The average molecular weight is 1670 g/mol. The van der Waals surface area contributed by atoms with Gasteiger partial charge in [-0.3, -0.25) is 33.6 Å². The number of aromatic hydroxyl groups is 6. The number of phenols is 6. The second kappa shape index (κ2) is 47.9. The standard InChI is InChI=1S/C17H22ClNO5.C17H20ClNO4.C12H11ClO3.C8H7ClO2.C7H5ClO3.C7H6O3.2C7H14O2/c1-11-8-14(12(10-20)9-13(11)18)23-15(21)6-5-7-19-16(22)24-17(2,3)4;1-10-7-14-12(9-13(10)18)8-11(15(20)22-14)5-6-19-16(21)23-17(2,3)4;1-2-3-7-4-8-5-9(13)10(14)6-11(8)16-12(7)15;1-5-2-8(11)6(4-10)3-7(5)9;8-5-1-4(3-9)6(10)2-7(5)11;8-4-5-1-2-6(9)3-7(5)10;2*1-5-6(8)9-7(2,3)4/h8-10H,5-7H2,1-4H3,(H,19,22);7-9H,5-6H2,1-4H3,(H,19,21);4-6,14H,2-3H2,1H3;2-4,11H,1H3;1-3,10-11H;1-4,9-10H;2*5H2,1-4H3. The molecule has 8 rings (SSSR count). The van der Waals surface area contributed by atoms with E-state index >= 15 is 0 Å². The topological polar surface area (TPSA) is 406 Å². The molecule has 616 valence electrons. The summed E-state index contributed by atoms with van der Waals surface area (Å²) in [7, 11) is 0. The van der Waals surface area contributed by atoms with Crippen LogP contribution >= 0.6 is 58.0 Å². The Bertz CT molecular complexity index is 4610. The number of fused-ring (bicyclic) bond motifs is 2. The fourth-order valence-corrected chi connectivity index (χ4v) is 9.20. The first kappa shape index (κ1) is 101. The fraction of sp³-hybridized carbons (Fsp3) is 0.378. The summed E-state index contributed by atoms with van der Waals surface area (Å²) in [6, 6.07) is 21.9. The minimum absolute atomic E-state index is 0.0260. The minimum Gasteiger partial charge on any atom is -0.508 e. The summed E-state index contributed by atoms with van der Waals surface area (Å²) in [4.78, 5) is 121. The third-order valence-corrected chi connectivity index (χ3v) is 15.5. The number of phenolic OH excluding ortho intramolecular Hbond substituents is 6. The van der Waals surface area contributed by atoms with E-state index in [1.54, 1.807) is 106 Å². The van der Waals surface area contributed by atoms with E-state index in [1.165, 1.54) is 42.5 Å². The Hall–Kier alpha value is -10.4. The highest BCUT2D eigenvalue weighted by Gasteiger charge is 2.20. The van der Waals surface area contributed by atoms with Gasteiger partial charge in [0, 0.05) is 87.5 Å². The van der Waals surface area contributed by atoms with Gasteiger partial charge >= 0.3 is 41.3 Å². The third kappa shape index (κ3) is 40.1. The van der Waals surface area contributed by atoms with Gasteiger partial charge in [-0.05, 0) is 213 Å². The molecular formula is C82H99Cl5N2O24. The monoisotopic (exact) mass is 1670 g/mol. The number of halogens is 5. The van der Waals surface area contributed by atoms with Crippen LogP contribution in [0.5, 0.6) is 40.2 Å². The van der Waals surface area contributed by atoms with E-state index in [9.17, 15) is 57.8 Å². The van der Waals surface area contributed by atoms with E-state index in [-0.39, 0.29) is 121 Å². The van der Waals surface area contributed by atoms with Gasteiger partial charge in [0.05, 0.1) is 32.3 Å². The molecule has 0 bridgehead atoms. The Morgan fingerprint density at radius 3 is 1.24 bits per heavy atom. The van der Waals surface area contributed by atoms with Crippen LogP contribution in [0, 0.1) is 20.8 Å². The largest absolute Gasteiger partial charge is 0.508 e. The van der Waals surface area contributed by atoms with E-state index in [2.05, 4.69) is 10.6 Å². The second-order valence-corrected chi connectivity index (χ2v) is 30.3. The molecule has 0 saturated heterocycles. The molecule has 8 N–H and O–H groups in total. The molecule has 0 unspecified atom stereocenters. The smallest absolute Gasteiger partial charge is 0.407 e. The van der Waals surface area contributed by atoms with Gasteiger partial charge in [0.25, 0.3) is 0 Å². The maximum atomic E-state index is 12.0. The Labute approximate surface area is 680 Å². The number of benzene rings is 6. The zero-order chi connectivity index (χ0) is 86.6. The van der Waals surface area contributed by atoms with Crippen molar-refractivity contribution >= 4 is 135 Å². The zero-order valence-corrected chi connectivity index (χ0v) is 70.0. The molecule has 2 heterocycles. The van der Waals surface area contributed by atoms with Crippen LogP contribution in [0.25, 0.3) is 21.9 Å². The Morgan fingerprint density at radius 2 is 0.796 bits per heavy atom. The van der Waals surface area contributed by atoms with Crippen LogP contribution in [-0.4, -0.2) is 121 Å². The average Bonchev–Trinajstić information content (AvgIpc) is 0.803. The number of amides is 2. The fourth-order valence-electron chi connectivity index (χ4n) is 8.34. The molecule has 0 radical (unpaired) electrons. The number of nitrogens with one attached hydrogen (secondary N) is 2. The van der Waals surface area contributed by atoms with Crippen molar-refractivity contribution in [3.05, 3.63) is 187 Å². The van der Waals surface area contributed by atoms with Gasteiger partial charge in [-0.25, -0.2) is 19.2 Å². The molecular weight excluding hydrogens is 1570 g/mol. The van der Waals surface area contributed by atoms with Crippen molar-refractivity contribution < 1.29 is 106 Å². The number of rotatable bonds is 16. The predicted molar refractivity (Wildman–Crippen MR) is 435 cm³/mol. The Balaban J connectivity index is 0.000000666. The first-order valence-corrected chi connectivity index (χ1v) is 36.8. The molecule has 6 aromatic carbocycles. The lowest BCUT2D eigenvalue weighted by molar-refractivity contribution is -0.155. The molecule has 0 aliphatic carbocycles. The van der Waals surface area contributed by atoms with Gasteiger partial charge in [-0.1, -0.05) is 85.2 Å². The number of carbonyl (C=O) groups is 9. The second-order valence-electron chi connectivity index (χ2n) is 28.3. The van der Waals surface area contributed by atoms with E-state index in [0.717, 1.165) is 40.5 Å². The molecule has 2 amide bonds. The van der Waals surface area contributed by atoms with E-state index in [1.807, 2.05) is 55.4 Å². The van der Waals surface area contributed by atoms with Gasteiger partial charge in [0.1, 0.15) is 73.8 Å². The first-order valence-electron chi connectivity index (χ1n) is 34.9. The highest BCUT2D eigenvalue weighted by Crippen LogP contribution is 2.32. The van der Waals surface area contributed by atoms with Crippen molar-refractivity contribution in [2.75, 3.05) is 13.1 Å². The molecule has 0 spiro atoms. The molecule has 2 aromatic heterocycles. The highest BCUT2D eigenvalue weighted by molar-refractivity contribution is 6.33. The summed E-state index contributed by atoms with van der Waals surface area (Å²) < 4.78 is 35.7. The maximum Gasteiger partial charge on any atom is 0.407 e. The van der Waals surface area contributed by atoms with Crippen LogP contribution < -0.4 is 26.6 Å². The number of aryl methyl sites for hydroxylation is 4. The van der Waals surface area contributed by atoms with E-state index < -0.39 is 35.0 Å². The van der Waals surface area contributed by atoms with Crippen LogP contribution in [0.2, 0.25) is 25.1 Å². The van der Waals surface area contributed by atoms with Gasteiger partial charge < -0.3 is 73.8 Å². The Morgan fingerprint density at radius 1 is 0.416 bits per heavy atom. The van der Waals surface area contributed by atoms with Gasteiger partial charge in [0.15, 0.2) is 25.1 Å². The van der Waals surface area contributed by atoms with Crippen molar-refractivity contribution in [2.24, 2.45) is 0 Å². The summed E-state index contributed by atoms with van der Waals surface area (Å²) in [5.41, 5.74) is 2.42. The van der Waals surface area contributed by atoms with Gasteiger partial charge in [0.2, 0.25) is 0 Å². The van der Waals surface area contributed by atoms with Gasteiger partial charge in [-0.2, -0.15) is 0 Å². The Kier molecular flexibility index (Phi) is 42.6. The third-order valence-electron chi connectivity index (χ3n) is 13.6. The van der Waals surface area contributed by atoms with Crippen molar-refractivity contribution in [3.63, 3.8) is 0 Å². The molecule has 0 fully saturated rings. The molecule has 0 saturated carbocycles. The number of carbonyl (C=O) groups excluding carboxylic acids is 9. The SMILES string of the molecule is CCC(=O)OC(C)(C)C.CCC(=O)OC(C)(C)C.CCCc1cc2cc(Cl)c(O)cc2oc1=O.Cc1cc(O)c(C=O)cc1Cl.Cc1cc(OC(=O)CCCNC(=O)OC(C)(C)C)c(C=O)cc1Cl.Cc1cc2oc(=O)c(CCNC(=O)OC(C)(C)C)cc2cc1Cl.O=Cc1cc(Cl)c(O)cc1O.O=Cc1ccc(O)cc1O. The molecule has 26 nitrogen and oxygen atoms in total. The quantitative estimate of drug-likeness (QED) is 0.0111. The van der Waals surface area contributed by atoms with E-state index in [0.29, 0.717) is 100 Å². The summed E-state index contributed by atoms with van der Waals surface area (Å²) in [5, 5.41) is 62.5. The minimum atomic E-state index is -0.569. The summed E-state index contributed by atoms with van der Waals surface area (Å²) >= 11 is 28.9. The highest BCUT2D eigenvalue weighted by atomic mass is 35.5. The van der Waals surface area contributed by atoms with Crippen molar-refractivity contribution in [2.45, 2.75) is 192 Å². The van der Waals surface area contributed by atoms with Crippen LogP contribution in [0.3, 0.4) is 0 Å². The number of aldehydes is 4. The van der Waals surface area contributed by atoms with Crippen molar-refractivity contribution in [3.8, 4) is 40.2 Å². The lowest BCUT2D eigenvalue weighted by Crippen LogP contribution is -2.34. The molecule has 113 heavy (non-hydrogen) atoms. The maximum absolute atomic E-state index is 12.0. The van der Waals surface area contributed by atoms with Gasteiger partial charge in [-0.15, -0.1) is 0 Å². The van der Waals surface area contributed by atoms with Crippen LogP contribution in [0.4, 0.5) is 9.59 Å². The normalized spacial score (nSPS) is 10.6. The molecule has 31 heteroatoms. The van der Waals surface area contributed by atoms with Crippen LogP contribution in [0.15, 0.2) is 109 Å². The number of ether oxygens (including phenoxy) is 5. The molecule has 0 atom stereocenters. The summed E-state index contributed by atoms with van der Waals surface area (Å²) in [5.74, 6) is -1.47. The van der Waals surface area contributed by atoms with Crippen molar-refractivity contribution in [1.82, 2.24) is 10.6 Å². The number of alkyl carbamates (subject to hydrolysis) is 2. The number of hydrogen-bond acceptors (Lipinski definition) is 24. The van der Waals surface area contributed by atoms with E-state index in [4.69, 9.17) is 116 Å². The van der Waals surface area contributed by atoms with Crippen LogP contribution in [0.1, 0.15) is 205 Å². The molecule has 0 aliphatic rings. The lowest BCUT2D eigenvalue weighted by atomic mass is 10.1. The summed E-state index contributed by atoms with van der Waals surface area (Å²) in [6.07, 6.45) is 4.38. The van der Waals surface area contributed by atoms with Crippen LogP contribution in [-0.2, 0) is 46.2 Å². The lowest BCUT2D eigenvalue weighted by Gasteiger charge is -2.19. The van der Waals surface area contributed by atoms with Crippen molar-refractivity contribution in [1.29, 1.82) is 0 Å². The summed E-state index contributed by atoms with van der Waals surface area (Å²) in [6.45, 7) is 33.3. The molecule has 8 aromatic rings. The number of esters is 3. The zero-order valence-electron chi connectivity index (χ0n) is 66.3. The number of hydrogen-bond donors (Lipinski definition) is 8.